The molecule has 182 valence electrons. The predicted molar refractivity (Wildman–Crippen MR) is 145 cm³/mol. The van der Waals surface area contributed by atoms with Gasteiger partial charge < -0.3 is 26.2 Å². The van der Waals surface area contributed by atoms with Crippen LogP contribution in [0.4, 0.5) is 11.4 Å². The van der Waals surface area contributed by atoms with Crippen LogP contribution in [0.3, 0.4) is 0 Å². The second kappa shape index (κ2) is 12.6. The van der Waals surface area contributed by atoms with Gasteiger partial charge in [0.05, 0.1) is 12.1 Å². The number of benzene rings is 2. The first-order chi connectivity index (χ1) is 16.5. The molecule has 0 aliphatic rings. The molecule has 0 aromatic heterocycles. The fourth-order valence-electron chi connectivity index (χ4n) is 3.04. The second-order valence-electron chi connectivity index (χ2n) is 8.02. The number of amides is 3. The van der Waals surface area contributed by atoms with Crippen molar-refractivity contribution >= 4 is 54.0 Å². The monoisotopic (exact) mass is 493 g/mol. The van der Waals surface area contributed by atoms with Crippen LogP contribution in [0.15, 0.2) is 78.1 Å². The van der Waals surface area contributed by atoms with Gasteiger partial charge in [-0.25, -0.2) is 0 Å². The van der Waals surface area contributed by atoms with Crippen molar-refractivity contribution in [3.63, 3.8) is 0 Å². The predicted octanol–water partition coefficient (Wildman–Crippen LogP) is 1.56. The van der Waals surface area contributed by atoms with E-state index < -0.39 is 11.8 Å². The van der Waals surface area contributed by atoms with Crippen LogP contribution in [-0.4, -0.2) is 58.2 Å². The minimum absolute atomic E-state index is 0.0710. The highest BCUT2D eigenvalue weighted by atomic mass is 35.5. The first-order valence-electron chi connectivity index (χ1n) is 10.7. The minimum Gasteiger partial charge on any atom is -0.385 e. The Kier molecular flexibility index (Phi) is 9.87. The van der Waals surface area contributed by atoms with Crippen LogP contribution in [-0.2, 0) is 4.79 Å². The Hall–Kier alpha value is -3.82. The van der Waals surface area contributed by atoms with E-state index in [0.717, 1.165) is 0 Å². The van der Waals surface area contributed by atoms with Crippen molar-refractivity contribution in [2.75, 3.05) is 37.9 Å². The number of rotatable bonds is 9. The van der Waals surface area contributed by atoms with Gasteiger partial charge in [-0.15, -0.1) is 0 Å². The number of hydrogen-bond donors (Lipinski definition) is 3. The maximum Gasteiger partial charge on any atom is 0.258 e. The lowest BCUT2D eigenvalue weighted by atomic mass is 9.91. The number of anilines is 2. The van der Waals surface area contributed by atoms with Crippen LogP contribution >= 0.6 is 11.6 Å². The zero-order valence-electron chi connectivity index (χ0n) is 20.3. The highest BCUT2D eigenvalue weighted by Crippen LogP contribution is 2.17. The van der Waals surface area contributed by atoms with Gasteiger partial charge in [0.2, 0.25) is 5.91 Å². The van der Waals surface area contributed by atoms with Crippen molar-refractivity contribution in [3.8, 4) is 0 Å². The van der Waals surface area contributed by atoms with E-state index in [1.807, 2.05) is 14.1 Å². The number of nitrogens with one attached hydrogen (secondary N) is 2. The molecule has 4 N–H and O–H groups in total. The number of nitrogens with two attached hydrogens (primary N) is 1. The standard InChI is InChI=1S/C25H29BClN5O3/c1-5-17(27)11-14-21(28)29-25(35)19-7-6-8-20(26)23(19)30-24(34)16-9-12-18(13-10-16)32(4)22(33)15-31(2)3/h5-14H,1,15,26,28H2,2-4H3,(H,29,35)(H,30,34)/b17-11+,21-14+. The van der Waals surface area contributed by atoms with Crippen molar-refractivity contribution in [1.29, 1.82) is 0 Å². The quantitative estimate of drug-likeness (QED) is 0.363. The highest BCUT2D eigenvalue weighted by Gasteiger charge is 2.17. The second-order valence-corrected chi connectivity index (χ2v) is 8.46. The molecule has 2 rings (SSSR count). The molecule has 0 aliphatic carbocycles. The van der Waals surface area contributed by atoms with Gasteiger partial charge in [-0.2, -0.15) is 0 Å². The zero-order chi connectivity index (χ0) is 26.1. The van der Waals surface area contributed by atoms with E-state index in [9.17, 15) is 14.4 Å². The van der Waals surface area contributed by atoms with Crippen LogP contribution in [0.2, 0.25) is 0 Å². The maximum atomic E-state index is 12.9. The molecule has 0 heterocycles. The van der Waals surface area contributed by atoms with Crippen molar-refractivity contribution in [2.24, 2.45) is 5.73 Å². The van der Waals surface area contributed by atoms with Crippen LogP contribution < -0.4 is 26.7 Å². The summed E-state index contributed by atoms with van der Waals surface area (Å²) in [6.07, 6.45) is 4.38. The van der Waals surface area contributed by atoms with E-state index in [2.05, 4.69) is 17.2 Å². The molecule has 3 amide bonds. The Bertz CT molecular complexity index is 1180. The van der Waals surface area contributed by atoms with E-state index >= 15 is 0 Å². The summed E-state index contributed by atoms with van der Waals surface area (Å²) in [5.74, 6) is -0.876. The molecule has 10 heteroatoms. The molecule has 2 aromatic rings. The number of para-hydroxylation sites is 1. The van der Waals surface area contributed by atoms with E-state index in [1.165, 1.54) is 23.1 Å². The summed E-state index contributed by atoms with van der Waals surface area (Å²) in [7, 11) is 7.10. The van der Waals surface area contributed by atoms with Gasteiger partial charge in [-0.05, 0) is 56.6 Å². The largest absolute Gasteiger partial charge is 0.385 e. The smallest absolute Gasteiger partial charge is 0.258 e. The van der Waals surface area contributed by atoms with Crippen LogP contribution in [0.25, 0.3) is 0 Å². The Balaban J connectivity index is 2.20. The third-order valence-corrected chi connectivity index (χ3v) is 5.25. The Morgan fingerprint density at radius 2 is 1.71 bits per heavy atom. The number of carbonyl (C=O) groups excluding carboxylic acids is 3. The molecule has 0 atom stereocenters. The molecular formula is C25H29BClN5O3. The van der Waals surface area contributed by atoms with Gasteiger partial charge in [0.15, 0.2) is 0 Å². The highest BCUT2D eigenvalue weighted by molar-refractivity contribution is 6.38. The van der Waals surface area contributed by atoms with Crippen molar-refractivity contribution in [3.05, 3.63) is 89.3 Å². The molecule has 2 aromatic carbocycles. The van der Waals surface area contributed by atoms with Crippen molar-refractivity contribution < 1.29 is 14.4 Å². The number of nitrogens with zero attached hydrogens (tertiary/aromatic N) is 2. The molecule has 0 aliphatic heterocycles. The van der Waals surface area contributed by atoms with Gasteiger partial charge in [-0.3, -0.25) is 14.4 Å². The van der Waals surface area contributed by atoms with Crippen LogP contribution in [0, 0.1) is 0 Å². The first kappa shape index (κ1) is 27.4. The van der Waals surface area contributed by atoms with E-state index in [-0.39, 0.29) is 23.8 Å². The molecular weight excluding hydrogens is 465 g/mol. The van der Waals surface area contributed by atoms with E-state index in [1.54, 1.807) is 62.3 Å². The van der Waals surface area contributed by atoms with Crippen molar-refractivity contribution in [2.45, 2.75) is 0 Å². The molecule has 8 nitrogen and oxygen atoms in total. The maximum absolute atomic E-state index is 12.9. The van der Waals surface area contributed by atoms with E-state index in [0.29, 0.717) is 27.4 Å². The number of halogens is 1. The molecule has 0 fully saturated rings. The SMILES string of the molecule is Bc1cccc(C(=O)N/C(N)=C/C=C(/Cl)C=C)c1NC(=O)c1ccc(N(C)C(=O)CN(C)C)cc1. The summed E-state index contributed by atoms with van der Waals surface area (Å²) in [6.45, 7) is 3.81. The van der Waals surface area contributed by atoms with Crippen LogP contribution in [0.5, 0.6) is 0 Å². The average molecular weight is 494 g/mol. The van der Waals surface area contributed by atoms with Crippen molar-refractivity contribution in [1.82, 2.24) is 10.2 Å². The summed E-state index contributed by atoms with van der Waals surface area (Å²) in [5.41, 5.74) is 8.21. The summed E-state index contributed by atoms with van der Waals surface area (Å²) in [6, 6.07) is 11.7. The Morgan fingerprint density at radius 1 is 1.06 bits per heavy atom. The zero-order valence-corrected chi connectivity index (χ0v) is 21.0. The molecule has 35 heavy (non-hydrogen) atoms. The molecule has 0 unspecified atom stereocenters. The molecule has 0 radical (unpaired) electrons. The lowest BCUT2D eigenvalue weighted by Gasteiger charge is -2.20. The van der Waals surface area contributed by atoms with Gasteiger partial charge in [0, 0.05) is 29.0 Å². The molecule has 0 bridgehead atoms. The Morgan fingerprint density at radius 3 is 2.31 bits per heavy atom. The number of hydrogen-bond acceptors (Lipinski definition) is 5. The number of carbonyl (C=O) groups is 3. The molecule has 0 saturated carbocycles. The average Bonchev–Trinajstić information content (AvgIpc) is 2.82. The molecule has 0 saturated heterocycles. The number of allylic oxidation sites excluding steroid dienone is 4. The lowest BCUT2D eigenvalue weighted by molar-refractivity contribution is -0.118. The van der Waals surface area contributed by atoms with E-state index in [4.69, 9.17) is 17.3 Å². The normalized spacial score (nSPS) is 11.7. The molecule has 0 spiro atoms. The fraction of sp³-hybridized carbons (Fsp3) is 0.160. The lowest BCUT2D eigenvalue weighted by Crippen LogP contribution is -2.35. The minimum atomic E-state index is -0.489. The van der Waals surface area contributed by atoms with Gasteiger partial charge >= 0.3 is 0 Å². The van der Waals surface area contributed by atoms with Gasteiger partial charge in [0.1, 0.15) is 13.7 Å². The Labute approximate surface area is 211 Å². The van der Waals surface area contributed by atoms with Gasteiger partial charge in [-0.1, -0.05) is 41.9 Å². The summed E-state index contributed by atoms with van der Waals surface area (Å²) in [5, 5.41) is 5.75. The van der Waals surface area contributed by atoms with Crippen LogP contribution in [0.1, 0.15) is 20.7 Å². The fourth-order valence-corrected chi connectivity index (χ4v) is 3.11. The topological polar surface area (TPSA) is 108 Å². The third-order valence-electron chi connectivity index (χ3n) is 4.97. The summed E-state index contributed by atoms with van der Waals surface area (Å²) < 4.78 is 0. The van der Waals surface area contributed by atoms with Gasteiger partial charge in [0.25, 0.3) is 11.8 Å². The summed E-state index contributed by atoms with van der Waals surface area (Å²) >= 11 is 5.85. The number of likely N-dealkylation sites (N-methyl/N-ethyl adjacent to an activating group) is 2. The first-order valence-corrected chi connectivity index (χ1v) is 11.1. The summed E-state index contributed by atoms with van der Waals surface area (Å²) in [4.78, 5) is 41.3. The third kappa shape index (κ3) is 7.87.